The van der Waals surface area contributed by atoms with Crippen molar-refractivity contribution in [2.45, 2.75) is 104 Å². The summed E-state index contributed by atoms with van der Waals surface area (Å²) in [5, 5.41) is 0. The molecule has 0 N–H and O–H groups in total. The second-order valence-corrected chi connectivity index (χ2v) is 11.9. The van der Waals surface area contributed by atoms with Gasteiger partial charge < -0.3 is 9.47 Å². The lowest BCUT2D eigenvalue weighted by atomic mass is 9.78. The van der Waals surface area contributed by atoms with Gasteiger partial charge in [0.05, 0.1) is 12.2 Å². The summed E-state index contributed by atoms with van der Waals surface area (Å²) in [6, 6.07) is 27.6. The van der Waals surface area contributed by atoms with Gasteiger partial charge in [0.1, 0.15) is 12.4 Å². The minimum absolute atomic E-state index is 0.0698. The van der Waals surface area contributed by atoms with Crippen LogP contribution in [0.25, 0.3) is 22.3 Å². The fourth-order valence-electron chi connectivity index (χ4n) is 6.30. The van der Waals surface area contributed by atoms with Gasteiger partial charge in [0.2, 0.25) is 0 Å². The quantitative estimate of drug-likeness (QED) is 0.140. The average Bonchev–Trinajstić information content (AvgIpc) is 2.98. The van der Waals surface area contributed by atoms with E-state index in [0.717, 1.165) is 42.6 Å². The first-order valence-corrected chi connectivity index (χ1v) is 16.0. The Bertz CT molecular complexity index is 1000. The van der Waals surface area contributed by atoms with Crippen molar-refractivity contribution in [1.82, 2.24) is 0 Å². The van der Waals surface area contributed by atoms with Crippen LogP contribution in [-0.4, -0.2) is 18.8 Å². The predicted octanol–water partition coefficient (Wildman–Crippen LogP) is 11.4. The third-order valence-electron chi connectivity index (χ3n) is 8.17. The van der Waals surface area contributed by atoms with Gasteiger partial charge in [-0.3, -0.25) is 0 Å². The summed E-state index contributed by atoms with van der Waals surface area (Å²) in [7, 11) is 0. The molecule has 0 saturated heterocycles. The van der Waals surface area contributed by atoms with Gasteiger partial charge in [-0.1, -0.05) is 158 Å². The lowest BCUT2D eigenvalue weighted by molar-refractivity contribution is -0.0891. The molecule has 0 aliphatic heterocycles. The molecule has 0 bridgehead atoms. The summed E-state index contributed by atoms with van der Waals surface area (Å²) in [6.07, 6.45) is 12.3. The van der Waals surface area contributed by atoms with Gasteiger partial charge in [-0.25, -0.2) is 0 Å². The van der Waals surface area contributed by atoms with E-state index in [1.165, 1.54) is 49.7 Å². The number of ether oxygens (including phenoxy) is 2. The molecule has 2 nitrogen and oxygen atoms in total. The lowest BCUT2D eigenvalue weighted by Gasteiger charge is -2.38. The Hall–Kier alpha value is -2.58. The van der Waals surface area contributed by atoms with Gasteiger partial charge in [-0.05, 0) is 42.2 Å². The molecule has 0 fully saturated rings. The van der Waals surface area contributed by atoms with Crippen molar-refractivity contribution in [3.8, 4) is 28.0 Å². The zero-order chi connectivity index (χ0) is 28.6. The van der Waals surface area contributed by atoms with Crippen LogP contribution in [-0.2, 0) is 4.74 Å². The van der Waals surface area contributed by atoms with E-state index >= 15 is 0 Å². The first-order chi connectivity index (χ1) is 19.5. The standard InChI is InChI=1S/C38H54O2/c1-6-9-18-31(4)29-38(26-8-3,30-32(5)19-10-7-2)40-28-27-39-37-35(33-20-13-11-14-21-33)24-17-25-36(37)34-22-15-12-16-23-34/h11-17,20-25,31-32H,6-10,18-19,26-30H2,1-5H3. The number of para-hydroxylation sites is 1. The van der Waals surface area contributed by atoms with E-state index in [-0.39, 0.29) is 5.60 Å². The molecule has 0 amide bonds. The van der Waals surface area contributed by atoms with Gasteiger partial charge in [0.25, 0.3) is 0 Å². The van der Waals surface area contributed by atoms with E-state index < -0.39 is 0 Å². The Morgan fingerprint density at radius 3 is 1.55 bits per heavy atom. The summed E-state index contributed by atoms with van der Waals surface area (Å²) in [5.41, 5.74) is 4.53. The van der Waals surface area contributed by atoms with Crippen molar-refractivity contribution in [3.63, 3.8) is 0 Å². The predicted molar refractivity (Wildman–Crippen MR) is 173 cm³/mol. The van der Waals surface area contributed by atoms with E-state index in [1.54, 1.807) is 0 Å². The molecule has 40 heavy (non-hydrogen) atoms. The molecule has 0 aliphatic carbocycles. The van der Waals surface area contributed by atoms with Gasteiger partial charge in [-0.2, -0.15) is 0 Å². The molecule has 0 aliphatic rings. The van der Waals surface area contributed by atoms with Crippen molar-refractivity contribution in [1.29, 1.82) is 0 Å². The fraction of sp³-hybridized carbons (Fsp3) is 0.526. The molecule has 3 aromatic rings. The maximum Gasteiger partial charge on any atom is 0.135 e. The monoisotopic (exact) mass is 542 g/mol. The van der Waals surface area contributed by atoms with Crippen LogP contribution >= 0.6 is 0 Å². The zero-order valence-corrected chi connectivity index (χ0v) is 26.0. The van der Waals surface area contributed by atoms with E-state index in [0.29, 0.717) is 25.0 Å². The first kappa shape index (κ1) is 31.9. The van der Waals surface area contributed by atoms with Crippen molar-refractivity contribution in [3.05, 3.63) is 78.9 Å². The largest absolute Gasteiger partial charge is 0.490 e. The van der Waals surface area contributed by atoms with E-state index in [1.807, 2.05) is 0 Å². The van der Waals surface area contributed by atoms with Gasteiger partial charge in [0, 0.05) is 11.1 Å². The number of unbranched alkanes of at least 4 members (excludes halogenated alkanes) is 2. The second kappa shape index (κ2) is 17.3. The number of benzene rings is 3. The van der Waals surface area contributed by atoms with Crippen molar-refractivity contribution in [2.24, 2.45) is 11.8 Å². The third-order valence-corrected chi connectivity index (χ3v) is 8.17. The van der Waals surface area contributed by atoms with Gasteiger partial charge in [0.15, 0.2) is 0 Å². The Morgan fingerprint density at radius 1 is 0.600 bits per heavy atom. The second-order valence-electron chi connectivity index (χ2n) is 11.9. The molecular weight excluding hydrogens is 488 g/mol. The van der Waals surface area contributed by atoms with Crippen molar-refractivity contribution in [2.75, 3.05) is 13.2 Å². The van der Waals surface area contributed by atoms with Crippen LogP contribution in [0.1, 0.15) is 98.8 Å². The Balaban J connectivity index is 1.81. The summed E-state index contributed by atoms with van der Waals surface area (Å²) in [6.45, 7) is 12.9. The van der Waals surface area contributed by atoms with Crippen LogP contribution < -0.4 is 4.74 Å². The van der Waals surface area contributed by atoms with Gasteiger partial charge in [-0.15, -0.1) is 0 Å². The summed E-state index contributed by atoms with van der Waals surface area (Å²) < 4.78 is 13.6. The minimum atomic E-state index is -0.0698. The molecule has 2 atom stereocenters. The van der Waals surface area contributed by atoms with Crippen molar-refractivity contribution >= 4 is 0 Å². The van der Waals surface area contributed by atoms with E-state index in [4.69, 9.17) is 9.47 Å². The molecule has 0 aromatic heterocycles. The highest BCUT2D eigenvalue weighted by Crippen LogP contribution is 2.40. The molecule has 0 radical (unpaired) electrons. The normalized spacial score (nSPS) is 14.4. The topological polar surface area (TPSA) is 18.5 Å². The highest BCUT2D eigenvalue weighted by molar-refractivity contribution is 5.82. The molecule has 0 spiro atoms. The number of rotatable bonds is 19. The Morgan fingerprint density at radius 2 is 1.10 bits per heavy atom. The minimum Gasteiger partial charge on any atom is -0.490 e. The van der Waals surface area contributed by atoms with Crippen LogP contribution in [0.3, 0.4) is 0 Å². The molecule has 2 unspecified atom stereocenters. The van der Waals surface area contributed by atoms with E-state index in [2.05, 4.69) is 113 Å². The SMILES string of the molecule is CCCCC(C)CC(CCC)(CC(C)CCCC)OCCOc1c(-c2ccccc2)cccc1-c1ccccc1. The lowest BCUT2D eigenvalue weighted by Crippen LogP contribution is -2.38. The smallest absolute Gasteiger partial charge is 0.135 e. The van der Waals surface area contributed by atoms with Gasteiger partial charge >= 0.3 is 0 Å². The third kappa shape index (κ3) is 9.81. The number of hydrogen-bond acceptors (Lipinski definition) is 2. The first-order valence-electron chi connectivity index (χ1n) is 16.0. The summed E-state index contributed by atoms with van der Waals surface area (Å²) in [5.74, 6) is 2.29. The average molecular weight is 543 g/mol. The number of hydrogen-bond donors (Lipinski definition) is 0. The van der Waals surface area contributed by atoms with Crippen LogP contribution in [0.5, 0.6) is 5.75 Å². The molecule has 0 saturated carbocycles. The molecule has 3 rings (SSSR count). The highest BCUT2D eigenvalue weighted by atomic mass is 16.5. The van der Waals surface area contributed by atoms with Crippen LogP contribution in [0.2, 0.25) is 0 Å². The van der Waals surface area contributed by atoms with Crippen molar-refractivity contribution < 1.29 is 9.47 Å². The highest BCUT2D eigenvalue weighted by Gasteiger charge is 2.33. The molecule has 0 heterocycles. The molecule has 218 valence electrons. The molecule has 2 heteroatoms. The fourth-order valence-corrected chi connectivity index (χ4v) is 6.30. The summed E-state index contributed by atoms with van der Waals surface area (Å²) >= 11 is 0. The van der Waals surface area contributed by atoms with E-state index in [9.17, 15) is 0 Å². The maximum atomic E-state index is 6.96. The molecular formula is C38H54O2. The molecule has 3 aromatic carbocycles. The summed E-state index contributed by atoms with van der Waals surface area (Å²) in [4.78, 5) is 0. The van der Waals surface area contributed by atoms with Crippen LogP contribution in [0, 0.1) is 11.8 Å². The van der Waals surface area contributed by atoms with Crippen LogP contribution in [0.4, 0.5) is 0 Å². The Labute approximate surface area is 245 Å². The zero-order valence-electron chi connectivity index (χ0n) is 26.0. The maximum absolute atomic E-state index is 6.96. The van der Waals surface area contributed by atoms with Crippen LogP contribution in [0.15, 0.2) is 78.9 Å². The Kier molecular flexibility index (Phi) is 13.8.